The summed E-state index contributed by atoms with van der Waals surface area (Å²) in [5, 5.41) is 6.27. The third-order valence-electron chi connectivity index (χ3n) is 4.85. The van der Waals surface area contributed by atoms with Crippen LogP contribution in [0.15, 0.2) is 34.5 Å². The Morgan fingerprint density at radius 3 is 3.04 bits per heavy atom. The molecule has 146 valence electrons. The largest absolute Gasteiger partial charge is 0.352 e. The third-order valence-corrected chi connectivity index (χ3v) is 6.78. The zero-order valence-electron chi connectivity index (χ0n) is 16.2. The second-order valence-corrected chi connectivity index (χ2v) is 9.38. The minimum Gasteiger partial charge on any atom is -0.352 e. The van der Waals surface area contributed by atoms with Crippen LogP contribution in [0.3, 0.4) is 0 Å². The third kappa shape index (κ3) is 6.33. The summed E-state index contributed by atoms with van der Waals surface area (Å²) in [6, 6.07) is 7.86. The summed E-state index contributed by atoms with van der Waals surface area (Å²) in [6.07, 6.45) is 3.66. The number of thioether (sulfide) groups is 1. The number of carbonyl (C=O) groups is 1. The smallest absolute Gasteiger partial charge is 0.252 e. The molecular formula is C21H29N3OS2. The van der Waals surface area contributed by atoms with E-state index in [1.807, 2.05) is 31.2 Å². The number of benzene rings is 1. The van der Waals surface area contributed by atoms with Gasteiger partial charge in [0, 0.05) is 29.1 Å². The van der Waals surface area contributed by atoms with Crippen molar-refractivity contribution >= 4 is 29.0 Å². The molecule has 1 fully saturated rings. The van der Waals surface area contributed by atoms with Crippen molar-refractivity contribution in [2.75, 3.05) is 26.2 Å². The van der Waals surface area contributed by atoms with Crippen LogP contribution >= 0.6 is 23.1 Å². The Kier molecular flexibility index (Phi) is 7.73. The Bertz CT molecular complexity index is 747. The van der Waals surface area contributed by atoms with Gasteiger partial charge in [-0.05, 0) is 57.3 Å². The first-order valence-corrected chi connectivity index (χ1v) is 11.6. The molecule has 3 rings (SSSR count). The summed E-state index contributed by atoms with van der Waals surface area (Å²) >= 11 is 3.35. The van der Waals surface area contributed by atoms with Gasteiger partial charge in [0.1, 0.15) is 0 Å². The van der Waals surface area contributed by atoms with Gasteiger partial charge in [-0.1, -0.05) is 19.1 Å². The molecule has 1 saturated heterocycles. The predicted octanol–water partition coefficient (Wildman–Crippen LogP) is 4.60. The first kappa shape index (κ1) is 20.4. The van der Waals surface area contributed by atoms with E-state index in [1.165, 1.54) is 25.9 Å². The summed E-state index contributed by atoms with van der Waals surface area (Å²) < 4.78 is 0. The van der Waals surface area contributed by atoms with Crippen LogP contribution in [0.5, 0.6) is 0 Å². The van der Waals surface area contributed by atoms with E-state index in [9.17, 15) is 4.79 Å². The number of amides is 1. The molecule has 0 spiro atoms. The Labute approximate surface area is 170 Å². The second-order valence-electron chi connectivity index (χ2n) is 7.30. The Morgan fingerprint density at radius 1 is 1.41 bits per heavy atom. The van der Waals surface area contributed by atoms with E-state index in [0.717, 1.165) is 52.3 Å². The van der Waals surface area contributed by atoms with E-state index >= 15 is 0 Å². The summed E-state index contributed by atoms with van der Waals surface area (Å²) in [6.45, 7) is 8.55. The van der Waals surface area contributed by atoms with Crippen LogP contribution in [0.1, 0.15) is 47.2 Å². The van der Waals surface area contributed by atoms with Gasteiger partial charge in [0.25, 0.3) is 5.91 Å². The first-order chi connectivity index (χ1) is 13.1. The van der Waals surface area contributed by atoms with Gasteiger partial charge in [0.05, 0.1) is 16.3 Å². The van der Waals surface area contributed by atoms with Crippen molar-refractivity contribution in [3.8, 4) is 0 Å². The number of aryl methyl sites for hydroxylation is 1. The molecule has 1 atom stereocenters. The number of hydrogen-bond acceptors (Lipinski definition) is 5. The monoisotopic (exact) mass is 403 g/mol. The van der Waals surface area contributed by atoms with Gasteiger partial charge >= 0.3 is 0 Å². The SMILES string of the molecule is Cc1nc(CSc2ccccc2C(=O)NCCCN2CCCC(C)C2)cs1. The normalized spacial score (nSPS) is 17.8. The molecule has 27 heavy (non-hydrogen) atoms. The molecule has 1 aliphatic rings. The van der Waals surface area contributed by atoms with E-state index in [0.29, 0.717) is 0 Å². The van der Waals surface area contributed by atoms with E-state index in [1.54, 1.807) is 23.1 Å². The van der Waals surface area contributed by atoms with Crippen molar-refractivity contribution in [1.82, 2.24) is 15.2 Å². The highest BCUT2D eigenvalue weighted by Crippen LogP contribution is 2.26. The number of rotatable bonds is 8. The average Bonchev–Trinajstić information content (AvgIpc) is 3.09. The molecule has 1 aliphatic heterocycles. The Hall–Kier alpha value is -1.37. The number of aromatic nitrogens is 1. The first-order valence-electron chi connectivity index (χ1n) is 9.75. The van der Waals surface area contributed by atoms with Crippen LogP contribution in [-0.2, 0) is 5.75 Å². The minimum atomic E-state index is 0.0274. The van der Waals surface area contributed by atoms with Crippen molar-refractivity contribution in [1.29, 1.82) is 0 Å². The maximum atomic E-state index is 12.6. The highest BCUT2D eigenvalue weighted by atomic mass is 32.2. The number of nitrogens with one attached hydrogen (secondary N) is 1. The van der Waals surface area contributed by atoms with Crippen LogP contribution in [0, 0.1) is 12.8 Å². The molecule has 1 N–H and O–H groups in total. The summed E-state index contributed by atoms with van der Waals surface area (Å²) in [4.78, 5) is 20.7. The lowest BCUT2D eigenvalue weighted by Gasteiger charge is -2.30. The highest BCUT2D eigenvalue weighted by molar-refractivity contribution is 7.98. The fraction of sp³-hybridized carbons (Fsp3) is 0.524. The zero-order valence-corrected chi connectivity index (χ0v) is 17.9. The van der Waals surface area contributed by atoms with Gasteiger partial charge in [-0.3, -0.25) is 4.79 Å². The number of nitrogens with zero attached hydrogens (tertiary/aromatic N) is 2. The van der Waals surface area contributed by atoms with Gasteiger partial charge in [-0.15, -0.1) is 23.1 Å². The molecule has 1 unspecified atom stereocenters. The van der Waals surface area contributed by atoms with Crippen molar-refractivity contribution in [3.63, 3.8) is 0 Å². The van der Waals surface area contributed by atoms with Crippen LogP contribution in [0.4, 0.5) is 0 Å². The number of carbonyl (C=O) groups excluding carboxylic acids is 1. The number of piperidine rings is 1. The van der Waals surface area contributed by atoms with Crippen LogP contribution < -0.4 is 5.32 Å². The predicted molar refractivity (Wildman–Crippen MR) is 115 cm³/mol. The molecule has 1 aromatic heterocycles. The molecule has 0 saturated carbocycles. The molecule has 1 aromatic carbocycles. The molecule has 0 aliphatic carbocycles. The van der Waals surface area contributed by atoms with E-state index in [4.69, 9.17) is 0 Å². The minimum absolute atomic E-state index is 0.0274. The highest BCUT2D eigenvalue weighted by Gasteiger charge is 2.16. The van der Waals surface area contributed by atoms with Gasteiger partial charge in [-0.2, -0.15) is 0 Å². The van der Waals surface area contributed by atoms with Crippen LogP contribution in [0.25, 0.3) is 0 Å². The molecule has 1 amide bonds. The van der Waals surface area contributed by atoms with Gasteiger partial charge in [-0.25, -0.2) is 4.98 Å². The van der Waals surface area contributed by atoms with E-state index < -0.39 is 0 Å². The van der Waals surface area contributed by atoms with Crippen molar-refractivity contribution in [2.45, 2.75) is 43.8 Å². The quantitative estimate of drug-likeness (QED) is 0.517. The maximum absolute atomic E-state index is 12.6. The lowest BCUT2D eigenvalue weighted by molar-refractivity contribution is 0.0947. The number of thiazole rings is 1. The zero-order chi connectivity index (χ0) is 19.1. The lowest BCUT2D eigenvalue weighted by atomic mass is 10.0. The molecule has 6 heteroatoms. The van der Waals surface area contributed by atoms with Crippen molar-refractivity contribution < 1.29 is 4.79 Å². The number of hydrogen-bond donors (Lipinski definition) is 1. The number of likely N-dealkylation sites (tertiary alicyclic amines) is 1. The van der Waals surface area contributed by atoms with Crippen molar-refractivity contribution in [2.24, 2.45) is 5.92 Å². The average molecular weight is 404 g/mol. The van der Waals surface area contributed by atoms with Crippen molar-refractivity contribution in [3.05, 3.63) is 45.9 Å². The maximum Gasteiger partial charge on any atom is 0.252 e. The molecule has 0 radical (unpaired) electrons. The Morgan fingerprint density at radius 2 is 2.26 bits per heavy atom. The van der Waals surface area contributed by atoms with Gasteiger partial charge in [0.15, 0.2) is 0 Å². The summed E-state index contributed by atoms with van der Waals surface area (Å²) in [5.41, 5.74) is 1.84. The van der Waals surface area contributed by atoms with E-state index in [-0.39, 0.29) is 5.91 Å². The van der Waals surface area contributed by atoms with Crippen LogP contribution in [-0.4, -0.2) is 42.0 Å². The van der Waals surface area contributed by atoms with Gasteiger partial charge < -0.3 is 10.2 Å². The standard InChI is InChI=1S/C21H29N3OS2/c1-16-7-5-11-24(13-16)12-6-10-22-21(25)19-8-3-4-9-20(19)27-15-18-14-26-17(2)23-18/h3-4,8-9,14,16H,5-7,10-13,15H2,1-2H3,(H,22,25). The molecule has 2 aromatic rings. The Balaban J connectivity index is 1.46. The van der Waals surface area contributed by atoms with Gasteiger partial charge in [0.2, 0.25) is 0 Å². The summed E-state index contributed by atoms with van der Waals surface area (Å²) in [7, 11) is 0. The molecule has 4 nitrogen and oxygen atoms in total. The topological polar surface area (TPSA) is 45.2 Å². The molecule has 2 heterocycles. The second kappa shape index (κ2) is 10.2. The van der Waals surface area contributed by atoms with E-state index in [2.05, 4.69) is 27.5 Å². The molecular weight excluding hydrogens is 374 g/mol. The summed E-state index contributed by atoms with van der Waals surface area (Å²) in [5.74, 6) is 1.63. The lowest BCUT2D eigenvalue weighted by Crippen LogP contribution is -2.36. The van der Waals surface area contributed by atoms with Crippen LogP contribution in [0.2, 0.25) is 0 Å². The molecule has 0 bridgehead atoms. The fourth-order valence-corrected chi connectivity index (χ4v) is 5.16. The fourth-order valence-electron chi connectivity index (χ4n) is 3.50.